The van der Waals surface area contributed by atoms with Gasteiger partial charge in [-0.15, -0.1) is 0 Å². The number of nitrogens with two attached hydrogens (primary N) is 1. The lowest BCUT2D eigenvalue weighted by Crippen LogP contribution is -2.16. The van der Waals surface area contributed by atoms with Crippen molar-refractivity contribution in [3.63, 3.8) is 0 Å². The molecule has 2 nitrogen and oxygen atoms in total. The standard InChI is InChI=1S/C15H17BrN2/c1-18(15-8-6-14(16)7-9-15)11-13-4-2-12(10-17)3-5-13/h2-9H,10-11,17H2,1H3. The zero-order valence-corrected chi connectivity index (χ0v) is 12.0. The Morgan fingerprint density at radius 3 is 2.06 bits per heavy atom. The molecule has 0 aromatic heterocycles. The van der Waals surface area contributed by atoms with Gasteiger partial charge in [0.25, 0.3) is 0 Å². The highest BCUT2D eigenvalue weighted by Gasteiger charge is 2.02. The molecular formula is C15H17BrN2. The molecule has 0 heterocycles. The van der Waals surface area contributed by atoms with Crippen LogP contribution >= 0.6 is 15.9 Å². The molecule has 0 atom stereocenters. The Morgan fingerprint density at radius 1 is 0.944 bits per heavy atom. The summed E-state index contributed by atoms with van der Waals surface area (Å²) in [6.07, 6.45) is 0. The maximum Gasteiger partial charge on any atom is 0.0426 e. The maximum atomic E-state index is 5.59. The number of hydrogen-bond donors (Lipinski definition) is 1. The molecule has 0 aliphatic heterocycles. The molecule has 0 saturated heterocycles. The molecule has 0 spiro atoms. The quantitative estimate of drug-likeness (QED) is 0.936. The van der Waals surface area contributed by atoms with Crippen LogP contribution in [0.5, 0.6) is 0 Å². The minimum Gasteiger partial charge on any atom is -0.370 e. The van der Waals surface area contributed by atoms with Gasteiger partial charge >= 0.3 is 0 Å². The Hall–Kier alpha value is -1.32. The van der Waals surface area contributed by atoms with E-state index in [9.17, 15) is 0 Å². The van der Waals surface area contributed by atoms with Crippen molar-refractivity contribution in [2.45, 2.75) is 13.1 Å². The summed E-state index contributed by atoms with van der Waals surface area (Å²) >= 11 is 3.45. The third-order valence-electron chi connectivity index (χ3n) is 2.95. The monoisotopic (exact) mass is 304 g/mol. The zero-order valence-electron chi connectivity index (χ0n) is 10.4. The van der Waals surface area contributed by atoms with E-state index in [4.69, 9.17) is 5.73 Å². The smallest absolute Gasteiger partial charge is 0.0426 e. The summed E-state index contributed by atoms with van der Waals surface area (Å²) in [5, 5.41) is 0. The van der Waals surface area contributed by atoms with Gasteiger partial charge in [0.15, 0.2) is 0 Å². The van der Waals surface area contributed by atoms with Crippen LogP contribution in [0.4, 0.5) is 5.69 Å². The molecule has 0 bridgehead atoms. The van der Waals surface area contributed by atoms with Gasteiger partial charge in [-0.25, -0.2) is 0 Å². The van der Waals surface area contributed by atoms with Crippen molar-refractivity contribution in [1.29, 1.82) is 0 Å². The van der Waals surface area contributed by atoms with Crippen LogP contribution in [0.1, 0.15) is 11.1 Å². The first-order valence-electron chi connectivity index (χ1n) is 5.93. The van der Waals surface area contributed by atoms with E-state index in [-0.39, 0.29) is 0 Å². The number of rotatable bonds is 4. The van der Waals surface area contributed by atoms with E-state index in [0.29, 0.717) is 6.54 Å². The van der Waals surface area contributed by atoms with Crippen LogP contribution in [0.2, 0.25) is 0 Å². The second-order valence-corrected chi connectivity index (χ2v) is 5.27. The van der Waals surface area contributed by atoms with Gasteiger partial charge in [-0.1, -0.05) is 40.2 Å². The molecule has 2 rings (SSSR count). The molecule has 0 fully saturated rings. The lowest BCUT2D eigenvalue weighted by molar-refractivity contribution is 0.920. The molecule has 2 aromatic rings. The number of benzene rings is 2. The van der Waals surface area contributed by atoms with Gasteiger partial charge in [-0.05, 0) is 35.4 Å². The molecule has 0 aliphatic carbocycles. The van der Waals surface area contributed by atoms with Crippen LogP contribution in [-0.4, -0.2) is 7.05 Å². The Labute approximate surface area is 117 Å². The SMILES string of the molecule is CN(Cc1ccc(CN)cc1)c1ccc(Br)cc1. The molecule has 2 N–H and O–H groups in total. The summed E-state index contributed by atoms with van der Waals surface area (Å²) in [5.41, 5.74) is 9.26. The Bertz CT molecular complexity index is 491. The fourth-order valence-electron chi connectivity index (χ4n) is 1.84. The average molecular weight is 305 g/mol. The molecule has 0 radical (unpaired) electrons. The lowest BCUT2D eigenvalue weighted by Gasteiger charge is -2.19. The second kappa shape index (κ2) is 6.03. The molecule has 2 aromatic carbocycles. The molecule has 0 saturated carbocycles. The number of nitrogens with zero attached hydrogens (tertiary/aromatic N) is 1. The Kier molecular flexibility index (Phi) is 4.39. The first-order chi connectivity index (χ1) is 8.69. The molecule has 0 aliphatic rings. The summed E-state index contributed by atoms with van der Waals surface area (Å²) in [7, 11) is 2.10. The lowest BCUT2D eigenvalue weighted by atomic mass is 10.1. The van der Waals surface area contributed by atoms with E-state index in [2.05, 4.69) is 76.4 Å². The van der Waals surface area contributed by atoms with Crippen molar-refractivity contribution in [3.8, 4) is 0 Å². The van der Waals surface area contributed by atoms with Crippen LogP contribution in [0, 0.1) is 0 Å². The van der Waals surface area contributed by atoms with E-state index in [1.807, 2.05) is 0 Å². The van der Waals surface area contributed by atoms with Crippen molar-refractivity contribution in [3.05, 3.63) is 64.1 Å². The predicted octanol–water partition coefficient (Wildman–Crippen LogP) is 3.54. The first kappa shape index (κ1) is 13.1. The van der Waals surface area contributed by atoms with Crippen LogP contribution in [0.3, 0.4) is 0 Å². The maximum absolute atomic E-state index is 5.59. The molecule has 18 heavy (non-hydrogen) atoms. The summed E-state index contributed by atoms with van der Waals surface area (Å²) in [4.78, 5) is 2.23. The number of halogens is 1. The second-order valence-electron chi connectivity index (χ2n) is 4.35. The van der Waals surface area contributed by atoms with Gasteiger partial charge in [0, 0.05) is 30.3 Å². The van der Waals surface area contributed by atoms with Gasteiger partial charge in [-0.2, -0.15) is 0 Å². The van der Waals surface area contributed by atoms with Gasteiger partial charge in [-0.3, -0.25) is 0 Å². The van der Waals surface area contributed by atoms with Crippen molar-refractivity contribution >= 4 is 21.6 Å². The summed E-state index contributed by atoms with van der Waals surface area (Å²) in [5.74, 6) is 0. The third-order valence-corrected chi connectivity index (χ3v) is 3.47. The molecule has 0 unspecified atom stereocenters. The fraction of sp³-hybridized carbons (Fsp3) is 0.200. The van der Waals surface area contributed by atoms with Crippen molar-refractivity contribution in [2.24, 2.45) is 5.73 Å². The van der Waals surface area contributed by atoms with E-state index in [1.165, 1.54) is 16.8 Å². The highest BCUT2D eigenvalue weighted by molar-refractivity contribution is 9.10. The van der Waals surface area contributed by atoms with Gasteiger partial charge in [0.05, 0.1) is 0 Å². The van der Waals surface area contributed by atoms with Crippen molar-refractivity contribution < 1.29 is 0 Å². The van der Waals surface area contributed by atoms with Crippen molar-refractivity contribution in [1.82, 2.24) is 0 Å². The highest BCUT2D eigenvalue weighted by atomic mass is 79.9. The normalized spacial score (nSPS) is 10.4. The average Bonchev–Trinajstić information content (AvgIpc) is 2.40. The Morgan fingerprint density at radius 2 is 1.50 bits per heavy atom. The summed E-state index contributed by atoms with van der Waals surface area (Å²) in [6.45, 7) is 1.50. The largest absolute Gasteiger partial charge is 0.370 e. The molecule has 94 valence electrons. The van der Waals surface area contributed by atoms with Gasteiger partial charge in [0.2, 0.25) is 0 Å². The minimum atomic E-state index is 0.600. The summed E-state index contributed by atoms with van der Waals surface area (Å²) < 4.78 is 1.10. The Balaban J connectivity index is 2.05. The predicted molar refractivity (Wildman–Crippen MR) is 80.6 cm³/mol. The van der Waals surface area contributed by atoms with Crippen LogP contribution in [0.25, 0.3) is 0 Å². The fourth-order valence-corrected chi connectivity index (χ4v) is 2.11. The molecule has 3 heteroatoms. The third kappa shape index (κ3) is 3.34. The topological polar surface area (TPSA) is 29.3 Å². The summed E-state index contributed by atoms with van der Waals surface area (Å²) in [6, 6.07) is 16.8. The van der Waals surface area contributed by atoms with Crippen LogP contribution in [0.15, 0.2) is 53.0 Å². The minimum absolute atomic E-state index is 0.600. The van der Waals surface area contributed by atoms with E-state index in [1.54, 1.807) is 0 Å². The van der Waals surface area contributed by atoms with E-state index >= 15 is 0 Å². The molecular weight excluding hydrogens is 288 g/mol. The zero-order chi connectivity index (χ0) is 13.0. The van der Waals surface area contributed by atoms with E-state index < -0.39 is 0 Å². The van der Waals surface area contributed by atoms with Crippen LogP contribution < -0.4 is 10.6 Å². The van der Waals surface area contributed by atoms with Gasteiger partial charge in [0.1, 0.15) is 0 Å². The van der Waals surface area contributed by atoms with Gasteiger partial charge < -0.3 is 10.6 Å². The highest BCUT2D eigenvalue weighted by Crippen LogP contribution is 2.19. The number of hydrogen-bond acceptors (Lipinski definition) is 2. The van der Waals surface area contributed by atoms with E-state index in [0.717, 1.165) is 11.0 Å². The first-order valence-corrected chi connectivity index (χ1v) is 6.73. The number of anilines is 1. The van der Waals surface area contributed by atoms with Crippen molar-refractivity contribution in [2.75, 3.05) is 11.9 Å². The van der Waals surface area contributed by atoms with Crippen LogP contribution in [-0.2, 0) is 13.1 Å². The molecule has 0 amide bonds.